The molecule has 1 N–H and O–H groups in total. The number of nitrogens with zero attached hydrogens (tertiary/aromatic N) is 2. The van der Waals surface area contributed by atoms with E-state index >= 15 is 0 Å². The zero-order valence-corrected chi connectivity index (χ0v) is 6.52. The first-order valence-electron chi connectivity index (χ1n) is 3.45. The van der Waals surface area contributed by atoms with Gasteiger partial charge in [0.25, 0.3) is 0 Å². The second kappa shape index (κ2) is 3.66. The molecular formula is C7H8N2O3. The zero-order valence-electron chi connectivity index (χ0n) is 6.52. The van der Waals surface area contributed by atoms with Crippen molar-refractivity contribution in [2.45, 2.75) is 13.3 Å². The highest BCUT2D eigenvalue weighted by Gasteiger charge is 2.09. The number of hydrogen-bond acceptors (Lipinski definition) is 5. The van der Waals surface area contributed by atoms with Crippen LogP contribution in [-0.4, -0.2) is 22.4 Å². The summed E-state index contributed by atoms with van der Waals surface area (Å²) in [4.78, 5) is 10.9. The lowest BCUT2D eigenvalue weighted by Gasteiger charge is -1.80. The molecule has 1 aromatic rings. The van der Waals surface area contributed by atoms with Gasteiger partial charge in [0, 0.05) is 6.07 Å². The van der Waals surface area contributed by atoms with E-state index in [4.69, 9.17) is 5.21 Å². The van der Waals surface area contributed by atoms with Gasteiger partial charge in [-0.05, 0) is 6.42 Å². The molecule has 1 aromatic heterocycles. The third-order valence-corrected chi connectivity index (χ3v) is 1.34. The summed E-state index contributed by atoms with van der Waals surface area (Å²) in [6.45, 7) is 1.90. The predicted molar refractivity (Wildman–Crippen MR) is 40.5 cm³/mol. The molecule has 12 heavy (non-hydrogen) atoms. The lowest BCUT2D eigenvalue weighted by molar-refractivity contribution is 0.103. The average molecular weight is 168 g/mol. The van der Waals surface area contributed by atoms with Gasteiger partial charge in [0.2, 0.25) is 11.5 Å². The zero-order chi connectivity index (χ0) is 8.97. The van der Waals surface area contributed by atoms with Gasteiger partial charge < -0.3 is 9.73 Å². The Labute approximate surface area is 68.7 Å². The third kappa shape index (κ3) is 1.69. The summed E-state index contributed by atoms with van der Waals surface area (Å²) in [5.41, 5.74) is 0.699. The number of ketones is 1. The Morgan fingerprint density at radius 2 is 2.67 bits per heavy atom. The van der Waals surface area contributed by atoms with E-state index in [1.54, 1.807) is 0 Å². The minimum Gasteiger partial charge on any atom is -0.411 e. The van der Waals surface area contributed by atoms with Gasteiger partial charge in [-0.15, -0.1) is 0 Å². The largest absolute Gasteiger partial charge is 0.411 e. The molecular weight excluding hydrogens is 160 g/mol. The van der Waals surface area contributed by atoms with E-state index in [0.717, 1.165) is 6.21 Å². The van der Waals surface area contributed by atoms with Crippen LogP contribution in [0.25, 0.3) is 0 Å². The van der Waals surface area contributed by atoms with Gasteiger partial charge in [-0.25, -0.2) is 0 Å². The molecule has 0 atom stereocenters. The lowest BCUT2D eigenvalue weighted by atomic mass is 10.2. The first kappa shape index (κ1) is 8.45. The van der Waals surface area contributed by atoms with Crippen molar-refractivity contribution in [3.05, 3.63) is 17.5 Å². The van der Waals surface area contributed by atoms with Crippen LogP contribution in [-0.2, 0) is 6.42 Å². The monoisotopic (exact) mass is 168 g/mol. The van der Waals surface area contributed by atoms with Gasteiger partial charge in [0.15, 0.2) is 0 Å². The first-order chi connectivity index (χ1) is 5.77. The van der Waals surface area contributed by atoms with Crippen LogP contribution in [0.15, 0.2) is 15.7 Å². The normalized spacial score (nSPS) is 10.8. The summed E-state index contributed by atoms with van der Waals surface area (Å²) in [6, 6.07) is 1.52. The summed E-state index contributed by atoms with van der Waals surface area (Å²) in [6.07, 6.45) is 1.47. The quantitative estimate of drug-likeness (QED) is 0.314. The highest BCUT2D eigenvalue weighted by atomic mass is 16.5. The van der Waals surface area contributed by atoms with Crippen LogP contribution in [0, 0.1) is 0 Å². The highest BCUT2D eigenvalue weighted by molar-refractivity contribution is 6.34. The standard InChI is InChI=1S/C7H8N2O3/c1-2-5-3-7(12-9-5)6(10)4-8-11/h3-4,11H,2H2,1H3. The van der Waals surface area contributed by atoms with E-state index in [9.17, 15) is 4.79 Å². The Hall–Kier alpha value is -1.65. The van der Waals surface area contributed by atoms with Crippen LogP contribution in [0.2, 0.25) is 0 Å². The van der Waals surface area contributed by atoms with Crippen molar-refractivity contribution in [1.82, 2.24) is 5.16 Å². The molecule has 0 radical (unpaired) electrons. The molecule has 0 aliphatic rings. The number of aromatic nitrogens is 1. The van der Waals surface area contributed by atoms with Gasteiger partial charge in [-0.2, -0.15) is 0 Å². The topological polar surface area (TPSA) is 75.7 Å². The summed E-state index contributed by atoms with van der Waals surface area (Å²) in [7, 11) is 0. The molecule has 1 rings (SSSR count). The molecule has 1 heterocycles. The van der Waals surface area contributed by atoms with Crippen molar-refractivity contribution in [2.24, 2.45) is 5.16 Å². The minimum absolute atomic E-state index is 0.0876. The molecule has 0 aliphatic heterocycles. The Morgan fingerprint density at radius 1 is 1.92 bits per heavy atom. The average Bonchev–Trinajstić information content (AvgIpc) is 2.52. The van der Waals surface area contributed by atoms with Crippen molar-refractivity contribution in [3.8, 4) is 0 Å². The highest BCUT2D eigenvalue weighted by Crippen LogP contribution is 2.03. The van der Waals surface area contributed by atoms with Crippen molar-refractivity contribution in [2.75, 3.05) is 0 Å². The van der Waals surface area contributed by atoms with Gasteiger partial charge in [-0.1, -0.05) is 17.2 Å². The summed E-state index contributed by atoms with van der Waals surface area (Å²) in [5, 5.41) is 14.2. The van der Waals surface area contributed by atoms with Crippen LogP contribution in [0.5, 0.6) is 0 Å². The maximum atomic E-state index is 10.9. The molecule has 0 fully saturated rings. The number of carbonyl (C=O) groups is 1. The molecule has 0 aromatic carbocycles. The van der Waals surface area contributed by atoms with E-state index in [1.807, 2.05) is 6.92 Å². The lowest BCUT2D eigenvalue weighted by Crippen LogP contribution is -1.97. The van der Waals surface area contributed by atoms with Crippen LogP contribution in [0.1, 0.15) is 23.2 Å². The Balaban J connectivity index is 2.81. The summed E-state index contributed by atoms with van der Waals surface area (Å²) in [5.74, 6) is -0.408. The van der Waals surface area contributed by atoms with Gasteiger partial charge in [0.1, 0.15) is 6.21 Å². The Kier molecular flexibility index (Phi) is 2.57. The number of oxime groups is 1. The number of rotatable bonds is 3. The molecule has 0 amide bonds. The minimum atomic E-state index is -0.496. The second-order valence-corrected chi connectivity index (χ2v) is 2.14. The molecule has 0 saturated heterocycles. The van der Waals surface area contributed by atoms with Crippen molar-refractivity contribution in [3.63, 3.8) is 0 Å². The molecule has 5 heteroatoms. The fourth-order valence-electron chi connectivity index (χ4n) is 0.711. The summed E-state index contributed by atoms with van der Waals surface area (Å²) < 4.78 is 4.67. The molecule has 64 valence electrons. The maximum absolute atomic E-state index is 10.9. The van der Waals surface area contributed by atoms with Crippen LogP contribution in [0.4, 0.5) is 0 Å². The van der Waals surface area contributed by atoms with Gasteiger partial charge >= 0.3 is 0 Å². The van der Waals surface area contributed by atoms with Crippen molar-refractivity contribution < 1.29 is 14.5 Å². The van der Waals surface area contributed by atoms with Gasteiger partial charge in [-0.3, -0.25) is 4.79 Å². The second-order valence-electron chi connectivity index (χ2n) is 2.14. The molecule has 0 aliphatic carbocycles. The van der Waals surface area contributed by atoms with E-state index in [1.165, 1.54) is 6.07 Å². The van der Waals surface area contributed by atoms with Crippen LogP contribution >= 0.6 is 0 Å². The van der Waals surface area contributed by atoms with Gasteiger partial charge in [0.05, 0.1) is 5.69 Å². The predicted octanol–water partition coefficient (Wildman–Crippen LogP) is 0.880. The SMILES string of the molecule is CCc1cc(C(=O)C=NO)on1. The van der Waals surface area contributed by atoms with Crippen LogP contribution < -0.4 is 0 Å². The molecule has 5 nitrogen and oxygen atoms in total. The molecule has 0 saturated carbocycles. The third-order valence-electron chi connectivity index (χ3n) is 1.34. The van der Waals surface area contributed by atoms with Crippen LogP contribution in [0.3, 0.4) is 0 Å². The number of aryl methyl sites for hydroxylation is 1. The summed E-state index contributed by atoms with van der Waals surface area (Å²) >= 11 is 0. The van der Waals surface area contributed by atoms with E-state index < -0.39 is 5.78 Å². The number of carbonyl (C=O) groups excluding carboxylic acids is 1. The number of hydrogen-bond donors (Lipinski definition) is 1. The maximum Gasteiger partial charge on any atom is 0.245 e. The van der Waals surface area contributed by atoms with Crippen molar-refractivity contribution >= 4 is 12.0 Å². The smallest absolute Gasteiger partial charge is 0.245 e. The van der Waals surface area contributed by atoms with E-state index in [-0.39, 0.29) is 5.76 Å². The van der Waals surface area contributed by atoms with Crippen molar-refractivity contribution in [1.29, 1.82) is 0 Å². The van der Waals surface area contributed by atoms with E-state index in [2.05, 4.69) is 14.8 Å². The molecule has 0 unspecified atom stereocenters. The fourth-order valence-corrected chi connectivity index (χ4v) is 0.711. The number of Topliss-reactive ketones (excluding diaryl/α,β-unsaturated/α-hetero) is 1. The Morgan fingerprint density at radius 3 is 3.17 bits per heavy atom. The fraction of sp³-hybridized carbons (Fsp3) is 0.286. The molecule has 0 spiro atoms. The Bertz CT molecular complexity index is 303. The van der Waals surface area contributed by atoms with E-state index in [0.29, 0.717) is 12.1 Å². The first-order valence-corrected chi connectivity index (χ1v) is 3.45. The molecule has 0 bridgehead atoms.